The molecule has 21 nitrogen and oxygen atoms in total. The number of likely N-dealkylation sites (N-methyl/N-ethyl adjacent to an activating group) is 4. The fourth-order valence-corrected chi connectivity index (χ4v) is 8.71. The molecule has 0 aliphatic carbocycles. The van der Waals surface area contributed by atoms with Crippen LogP contribution in [-0.4, -0.2) is 203 Å². The summed E-state index contributed by atoms with van der Waals surface area (Å²) in [5.41, 5.74) is 2.34. The summed E-state index contributed by atoms with van der Waals surface area (Å²) in [6.07, 6.45) is 5.76. The first-order valence-electron chi connectivity index (χ1n) is 24.9. The van der Waals surface area contributed by atoms with Gasteiger partial charge in [-0.05, 0) is 69.3 Å². The molecule has 3 N–H and O–H groups in total. The van der Waals surface area contributed by atoms with E-state index in [9.17, 15) is 43.2 Å². The second-order valence-electron chi connectivity index (χ2n) is 18.9. The number of carbonyl (C=O) groups excluding carboxylic acids is 9. The molecule has 1 saturated heterocycles. The van der Waals surface area contributed by atoms with Crippen LogP contribution in [0.25, 0.3) is 0 Å². The molecular weight excluding hydrogens is 943 g/mol. The number of nitrogens with zero attached hydrogens (tertiary/aromatic N) is 6. The fraction of sp³-hybridized carbons (Fsp3) is 0.635. The van der Waals surface area contributed by atoms with E-state index in [4.69, 9.17) is 14.3 Å². The summed E-state index contributed by atoms with van der Waals surface area (Å²) in [4.78, 5) is 127. The van der Waals surface area contributed by atoms with Crippen molar-refractivity contribution in [1.82, 2.24) is 40.2 Å². The van der Waals surface area contributed by atoms with Gasteiger partial charge < -0.3 is 54.8 Å². The van der Waals surface area contributed by atoms with E-state index in [-0.39, 0.29) is 73.9 Å². The van der Waals surface area contributed by atoms with Crippen molar-refractivity contribution < 1.29 is 57.5 Å². The average Bonchev–Trinajstić information content (AvgIpc) is 3.85. The molecule has 7 amide bonds. The van der Waals surface area contributed by atoms with Crippen molar-refractivity contribution >= 4 is 59.3 Å². The number of nitrogens with one attached hydrogen (secondary N) is 3. The average molecular weight is 1030 g/mol. The smallest absolute Gasteiger partial charge is 0.351 e. The van der Waals surface area contributed by atoms with Gasteiger partial charge in [0.2, 0.25) is 35.4 Å². The predicted octanol–water partition coefficient (Wildman–Crippen LogP) is 2.26. The molecule has 1 aliphatic rings. The highest BCUT2D eigenvalue weighted by atomic mass is 16.7. The molecule has 2 rings (SSSR count). The van der Waals surface area contributed by atoms with Gasteiger partial charge in [0.15, 0.2) is 0 Å². The molecule has 1 aliphatic heterocycles. The fourth-order valence-electron chi connectivity index (χ4n) is 8.71. The molecule has 7 unspecified atom stereocenters. The van der Waals surface area contributed by atoms with Gasteiger partial charge in [-0.25, -0.2) is 4.79 Å². The van der Waals surface area contributed by atoms with Crippen molar-refractivity contribution in [2.45, 2.75) is 104 Å². The van der Waals surface area contributed by atoms with Crippen molar-refractivity contribution in [3.63, 3.8) is 0 Å². The lowest BCUT2D eigenvalue weighted by molar-refractivity contribution is -0.193. The van der Waals surface area contributed by atoms with E-state index in [1.165, 1.54) is 26.1 Å². The van der Waals surface area contributed by atoms with E-state index in [0.717, 1.165) is 34.1 Å². The number of methoxy groups -OCH3 is 2. The molecule has 0 saturated carbocycles. The third-order valence-corrected chi connectivity index (χ3v) is 13.4. The Morgan fingerprint density at radius 2 is 1.62 bits per heavy atom. The van der Waals surface area contributed by atoms with E-state index in [1.54, 1.807) is 63.0 Å². The van der Waals surface area contributed by atoms with E-state index >= 15 is 0 Å². The van der Waals surface area contributed by atoms with Gasteiger partial charge in [0.1, 0.15) is 12.8 Å². The standard InChI is InChI=1S/C52H83N9O12/c1-14-35(2)49(59(10)47(67)32-54-43(63)33-57(8)37(4)19-15-23-45(65)60(11)73-48(68)34-58(9)44(64)24-18-28-62)42(71-12)30-46(66)61-26-17-22-41(61)50(72-13)38(5)52(70)56(7)27-25-39-20-16-21-40(29-39)55-51(69)36(3)31-53-6/h16,18-21,24,28-29,35-36,38,41-42,49-50,53H,14-15,17,22-23,25-27,30-34H2,1-13H3,(H,54,63)(H,55,69)/b24-18-,37-19-. The molecule has 7 atom stereocenters. The molecule has 21 heteroatoms. The number of anilines is 1. The first-order chi connectivity index (χ1) is 34.5. The molecular formula is C52H83N9O12. The molecule has 0 aromatic heterocycles. The van der Waals surface area contributed by atoms with E-state index in [2.05, 4.69) is 16.0 Å². The summed E-state index contributed by atoms with van der Waals surface area (Å²) in [5.74, 6) is -3.95. The lowest BCUT2D eigenvalue weighted by Gasteiger charge is -2.39. The number of ether oxygens (including phenoxy) is 2. The Morgan fingerprint density at radius 3 is 2.25 bits per heavy atom. The summed E-state index contributed by atoms with van der Waals surface area (Å²) >= 11 is 0. The number of benzene rings is 1. The summed E-state index contributed by atoms with van der Waals surface area (Å²) in [6.45, 7) is 10.1. The van der Waals surface area contributed by atoms with Crippen molar-refractivity contribution in [1.29, 1.82) is 0 Å². The van der Waals surface area contributed by atoms with Crippen LogP contribution < -0.4 is 16.0 Å². The zero-order chi connectivity index (χ0) is 54.9. The van der Waals surface area contributed by atoms with Gasteiger partial charge in [0, 0.05) is 98.9 Å². The van der Waals surface area contributed by atoms with Crippen LogP contribution in [0.2, 0.25) is 0 Å². The van der Waals surface area contributed by atoms with Gasteiger partial charge in [-0.3, -0.25) is 38.4 Å². The highest BCUT2D eigenvalue weighted by Crippen LogP contribution is 2.30. The van der Waals surface area contributed by atoms with E-state index in [0.29, 0.717) is 56.6 Å². The number of amides is 7. The van der Waals surface area contributed by atoms with Gasteiger partial charge in [-0.15, -0.1) is 0 Å². The maximum atomic E-state index is 14.3. The Balaban J connectivity index is 1.99. The number of carbonyl (C=O) groups is 9. The molecule has 0 spiro atoms. The minimum atomic E-state index is -0.849. The topological polar surface area (TPSA) is 237 Å². The lowest BCUT2D eigenvalue weighted by Crippen LogP contribution is -2.54. The highest BCUT2D eigenvalue weighted by molar-refractivity contribution is 5.93. The number of hydroxylamine groups is 2. The third kappa shape index (κ3) is 20.3. The van der Waals surface area contributed by atoms with Gasteiger partial charge in [0.25, 0.3) is 5.91 Å². The molecule has 73 heavy (non-hydrogen) atoms. The monoisotopic (exact) mass is 1030 g/mol. The molecule has 0 radical (unpaired) electrons. The normalized spacial score (nSPS) is 16.0. The van der Waals surface area contributed by atoms with Crippen LogP contribution in [0.3, 0.4) is 0 Å². The summed E-state index contributed by atoms with van der Waals surface area (Å²) in [6, 6.07) is 6.71. The maximum Gasteiger partial charge on any atom is 0.351 e. The van der Waals surface area contributed by atoms with Crippen molar-refractivity contribution in [3.05, 3.63) is 53.8 Å². The minimum Gasteiger partial charge on any atom is -0.379 e. The van der Waals surface area contributed by atoms with Crippen LogP contribution in [0.4, 0.5) is 5.69 Å². The van der Waals surface area contributed by atoms with Gasteiger partial charge in [0.05, 0.1) is 49.7 Å². The van der Waals surface area contributed by atoms with Crippen molar-refractivity contribution in [3.8, 4) is 0 Å². The number of hydrogen-bond donors (Lipinski definition) is 3. The SMILES string of the molecule is CCC(C)C(C(CC(=O)N1CCCC1C(OC)C(C)C(=O)N(C)CCc1cccc(NC(=O)C(C)CNC)c1)OC)N(C)C(=O)CNC(=O)CN(C)/C(C)=C\CCC(=O)N(C)OC(=O)CN(C)C(=O)/C=C\C=O. The van der Waals surface area contributed by atoms with Crippen LogP contribution in [0.5, 0.6) is 0 Å². The Bertz CT molecular complexity index is 2080. The van der Waals surface area contributed by atoms with Crippen molar-refractivity contribution in [2.24, 2.45) is 17.8 Å². The molecule has 1 aromatic rings. The van der Waals surface area contributed by atoms with Crippen LogP contribution in [0.15, 0.2) is 48.2 Å². The van der Waals surface area contributed by atoms with Crippen LogP contribution in [-0.2, 0) is 63.9 Å². The second-order valence-corrected chi connectivity index (χ2v) is 18.9. The first-order valence-corrected chi connectivity index (χ1v) is 24.9. The van der Waals surface area contributed by atoms with E-state index < -0.39 is 54.4 Å². The largest absolute Gasteiger partial charge is 0.379 e. The van der Waals surface area contributed by atoms with Crippen molar-refractivity contribution in [2.75, 3.05) is 101 Å². The molecule has 0 bridgehead atoms. The Morgan fingerprint density at radius 1 is 0.918 bits per heavy atom. The summed E-state index contributed by atoms with van der Waals surface area (Å²) in [5, 5.41) is 9.45. The Labute approximate surface area is 432 Å². The second kappa shape index (κ2) is 32.1. The summed E-state index contributed by atoms with van der Waals surface area (Å²) < 4.78 is 12.0. The zero-order valence-corrected chi connectivity index (χ0v) is 45.4. The highest BCUT2D eigenvalue weighted by Gasteiger charge is 2.42. The number of hydrogen-bond acceptors (Lipinski definition) is 14. The van der Waals surface area contributed by atoms with Crippen LogP contribution >= 0.6 is 0 Å². The molecule has 408 valence electrons. The molecule has 1 fully saturated rings. The molecule has 1 aromatic carbocycles. The first kappa shape index (κ1) is 62.9. The van der Waals surface area contributed by atoms with E-state index in [1.807, 2.05) is 52.0 Å². The third-order valence-electron chi connectivity index (χ3n) is 13.4. The predicted molar refractivity (Wildman–Crippen MR) is 276 cm³/mol. The zero-order valence-electron chi connectivity index (χ0n) is 45.4. The Kier molecular flexibility index (Phi) is 27.7. The number of allylic oxidation sites excluding steroid dienone is 3. The maximum absolute atomic E-state index is 14.3. The van der Waals surface area contributed by atoms with Gasteiger partial charge in [-0.2, -0.15) is 5.06 Å². The number of rotatable bonds is 30. The molecule has 1 heterocycles. The Hall–Kier alpha value is -6.19. The van der Waals surface area contributed by atoms with Crippen LogP contribution in [0, 0.1) is 17.8 Å². The number of likely N-dealkylation sites (tertiary alicyclic amines) is 1. The van der Waals surface area contributed by atoms with Crippen LogP contribution in [0.1, 0.15) is 78.7 Å². The summed E-state index contributed by atoms with van der Waals surface area (Å²) in [7, 11) is 12.6. The van der Waals surface area contributed by atoms with Gasteiger partial charge >= 0.3 is 5.97 Å². The lowest BCUT2D eigenvalue weighted by atomic mass is 9.90. The quantitative estimate of drug-likeness (QED) is 0.0570. The number of aldehydes is 1. The minimum absolute atomic E-state index is 0.0190. The van der Waals surface area contributed by atoms with Gasteiger partial charge in [-0.1, -0.05) is 52.3 Å².